The van der Waals surface area contributed by atoms with Gasteiger partial charge in [-0.25, -0.2) is 0 Å². The topological polar surface area (TPSA) is 35.5 Å². The molecule has 0 aromatic carbocycles. The summed E-state index contributed by atoms with van der Waals surface area (Å²) in [7, 11) is 3.96. The standard InChI is InChI=1S/C9H20N2O/c1-11(2)7-9(12)6-10-8-4-3-5-8/h8-10,12H,3-7H2,1-2H3. The fourth-order valence-electron chi connectivity index (χ4n) is 1.40. The normalized spacial score (nSPS) is 21.0. The van der Waals surface area contributed by atoms with E-state index < -0.39 is 0 Å². The van der Waals surface area contributed by atoms with Gasteiger partial charge >= 0.3 is 0 Å². The molecule has 1 rings (SSSR count). The van der Waals surface area contributed by atoms with E-state index in [1.807, 2.05) is 19.0 Å². The average molecular weight is 172 g/mol. The molecular weight excluding hydrogens is 152 g/mol. The number of aliphatic hydroxyl groups excluding tert-OH is 1. The number of hydrogen-bond acceptors (Lipinski definition) is 3. The van der Waals surface area contributed by atoms with E-state index in [9.17, 15) is 5.11 Å². The van der Waals surface area contributed by atoms with E-state index in [-0.39, 0.29) is 6.10 Å². The lowest BCUT2D eigenvalue weighted by atomic mass is 9.93. The van der Waals surface area contributed by atoms with Crippen molar-refractivity contribution in [3.8, 4) is 0 Å². The van der Waals surface area contributed by atoms with Crippen molar-refractivity contribution >= 4 is 0 Å². The van der Waals surface area contributed by atoms with Gasteiger partial charge in [0, 0.05) is 19.1 Å². The Morgan fingerprint density at radius 2 is 2.17 bits per heavy atom. The lowest BCUT2D eigenvalue weighted by Gasteiger charge is -2.28. The molecule has 1 atom stereocenters. The molecule has 0 bridgehead atoms. The minimum Gasteiger partial charge on any atom is -0.390 e. The molecule has 0 aromatic heterocycles. The van der Waals surface area contributed by atoms with Crippen LogP contribution < -0.4 is 5.32 Å². The first kappa shape index (κ1) is 9.96. The van der Waals surface area contributed by atoms with Gasteiger partial charge in [0.1, 0.15) is 0 Å². The molecule has 3 nitrogen and oxygen atoms in total. The number of nitrogens with one attached hydrogen (secondary N) is 1. The van der Waals surface area contributed by atoms with Gasteiger partial charge in [-0.3, -0.25) is 0 Å². The first-order valence-electron chi connectivity index (χ1n) is 4.74. The van der Waals surface area contributed by atoms with Crippen LogP contribution in [0.1, 0.15) is 19.3 Å². The van der Waals surface area contributed by atoms with E-state index in [1.165, 1.54) is 19.3 Å². The molecule has 1 aliphatic rings. The maximum atomic E-state index is 9.48. The highest BCUT2D eigenvalue weighted by atomic mass is 16.3. The second-order valence-corrected chi connectivity index (χ2v) is 3.95. The zero-order chi connectivity index (χ0) is 8.97. The van der Waals surface area contributed by atoms with Crippen molar-refractivity contribution in [1.29, 1.82) is 0 Å². The van der Waals surface area contributed by atoms with Gasteiger partial charge in [0.25, 0.3) is 0 Å². The molecule has 1 fully saturated rings. The van der Waals surface area contributed by atoms with Gasteiger partial charge in [0.2, 0.25) is 0 Å². The highest BCUT2D eigenvalue weighted by Crippen LogP contribution is 2.17. The second kappa shape index (κ2) is 4.80. The molecule has 0 radical (unpaired) electrons. The van der Waals surface area contributed by atoms with E-state index in [4.69, 9.17) is 0 Å². The molecule has 3 heteroatoms. The van der Waals surface area contributed by atoms with Crippen molar-refractivity contribution in [2.24, 2.45) is 0 Å². The van der Waals surface area contributed by atoms with Gasteiger partial charge in [-0.15, -0.1) is 0 Å². The monoisotopic (exact) mass is 172 g/mol. The first-order chi connectivity index (χ1) is 5.68. The van der Waals surface area contributed by atoms with E-state index in [0.29, 0.717) is 6.04 Å². The van der Waals surface area contributed by atoms with E-state index >= 15 is 0 Å². The Morgan fingerprint density at radius 1 is 1.50 bits per heavy atom. The summed E-state index contributed by atoms with van der Waals surface area (Å²) in [6, 6.07) is 0.682. The smallest absolute Gasteiger partial charge is 0.0791 e. The molecule has 2 N–H and O–H groups in total. The number of rotatable bonds is 5. The van der Waals surface area contributed by atoms with Gasteiger partial charge < -0.3 is 15.3 Å². The van der Waals surface area contributed by atoms with Gasteiger partial charge in [-0.1, -0.05) is 6.42 Å². The fourth-order valence-corrected chi connectivity index (χ4v) is 1.40. The summed E-state index contributed by atoms with van der Waals surface area (Å²) < 4.78 is 0. The Hall–Kier alpha value is -0.120. The third-order valence-electron chi connectivity index (χ3n) is 2.32. The molecule has 0 aliphatic heterocycles. The van der Waals surface area contributed by atoms with Crippen LogP contribution in [0.15, 0.2) is 0 Å². The molecule has 0 heterocycles. The number of hydrogen-bond donors (Lipinski definition) is 2. The quantitative estimate of drug-likeness (QED) is 0.615. The second-order valence-electron chi connectivity index (χ2n) is 3.95. The van der Waals surface area contributed by atoms with Crippen molar-refractivity contribution in [2.45, 2.75) is 31.4 Å². The SMILES string of the molecule is CN(C)CC(O)CNC1CCC1. The predicted octanol–water partition coefficient (Wildman–Crippen LogP) is 0.0510. The van der Waals surface area contributed by atoms with Gasteiger partial charge in [0.15, 0.2) is 0 Å². The third-order valence-corrected chi connectivity index (χ3v) is 2.32. The van der Waals surface area contributed by atoms with E-state index in [0.717, 1.165) is 13.1 Å². The zero-order valence-electron chi connectivity index (χ0n) is 8.08. The van der Waals surface area contributed by atoms with Crippen LogP contribution in [-0.4, -0.2) is 49.3 Å². The molecule has 0 aromatic rings. The molecular formula is C9H20N2O. The summed E-state index contributed by atoms with van der Waals surface area (Å²) in [6.45, 7) is 1.49. The van der Waals surface area contributed by atoms with Crippen molar-refractivity contribution in [3.63, 3.8) is 0 Å². The third kappa shape index (κ3) is 3.52. The highest BCUT2D eigenvalue weighted by molar-refractivity contribution is 4.77. The highest BCUT2D eigenvalue weighted by Gasteiger charge is 2.17. The molecule has 1 saturated carbocycles. The molecule has 1 unspecified atom stereocenters. The Kier molecular flexibility index (Phi) is 3.98. The van der Waals surface area contributed by atoms with Gasteiger partial charge in [-0.2, -0.15) is 0 Å². The Bertz CT molecular complexity index is 124. The molecule has 0 saturated heterocycles. The summed E-state index contributed by atoms with van der Waals surface area (Å²) in [5.74, 6) is 0. The van der Waals surface area contributed by atoms with Crippen molar-refractivity contribution in [1.82, 2.24) is 10.2 Å². The molecule has 12 heavy (non-hydrogen) atoms. The van der Waals surface area contributed by atoms with Crippen LogP contribution in [0.2, 0.25) is 0 Å². The van der Waals surface area contributed by atoms with Crippen LogP contribution in [-0.2, 0) is 0 Å². The van der Waals surface area contributed by atoms with E-state index in [2.05, 4.69) is 5.32 Å². The van der Waals surface area contributed by atoms with Crippen LogP contribution in [0.4, 0.5) is 0 Å². The minimum absolute atomic E-state index is 0.222. The van der Waals surface area contributed by atoms with Crippen molar-refractivity contribution in [2.75, 3.05) is 27.2 Å². The molecule has 1 aliphatic carbocycles. The Labute approximate surface area is 74.8 Å². The van der Waals surface area contributed by atoms with Crippen LogP contribution in [0.25, 0.3) is 0 Å². The Balaban J connectivity index is 1.97. The summed E-state index contributed by atoms with van der Waals surface area (Å²) in [5.41, 5.74) is 0. The molecule has 0 spiro atoms. The maximum Gasteiger partial charge on any atom is 0.0791 e. The average Bonchev–Trinajstić information content (AvgIpc) is 1.81. The van der Waals surface area contributed by atoms with Crippen LogP contribution in [0.5, 0.6) is 0 Å². The number of aliphatic hydroxyl groups is 1. The molecule has 72 valence electrons. The fraction of sp³-hybridized carbons (Fsp3) is 1.00. The maximum absolute atomic E-state index is 9.48. The van der Waals surface area contributed by atoms with Crippen molar-refractivity contribution in [3.05, 3.63) is 0 Å². The Morgan fingerprint density at radius 3 is 2.58 bits per heavy atom. The number of likely N-dealkylation sites (N-methyl/N-ethyl adjacent to an activating group) is 1. The summed E-state index contributed by atoms with van der Waals surface area (Å²) in [6.07, 6.45) is 3.70. The van der Waals surface area contributed by atoms with E-state index in [1.54, 1.807) is 0 Å². The van der Waals surface area contributed by atoms with Gasteiger partial charge in [0.05, 0.1) is 6.10 Å². The lowest BCUT2D eigenvalue weighted by Crippen LogP contribution is -2.42. The number of nitrogens with zero attached hydrogens (tertiary/aromatic N) is 1. The van der Waals surface area contributed by atoms with Crippen LogP contribution in [0.3, 0.4) is 0 Å². The van der Waals surface area contributed by atoms with Crippen LogP contribution in [0, 0.1) is 0 Å². The van der Waals surface area contributed by atoms with Gasteiger partial charge in [-0.05, 0) is 26.9 Å². The summed E-state index contributed by atoms with van der Waals surface area (Å²) in [4.78, 5) is 2.01. The minimum atomic E-state index is -0.222. The van der Waals surface area contributed by atoms with Crippen molar-refractivity contribution < 1.29 is 5.11 Å². The lowest BCUT2D eigenvalue weighted by molar-refractivity contribution is 0.126. The molecule has 0 amide bonds. The summed E-state index contributed by atoms with van der Waals surface area (Å²) in [5, 5.41) is 12.8. The largest absolute Gasteiger partial charge is 0.390 e. The first-order valence-corrected chi connectivity index (χ1v) is 4.74. The zero-order valence-corrected chi connectivity index (χ0v) is 8.08. The van der Waals surface area contributed by atoms with Crippen LogP contribution >= 0.6 is 0 Å². The summed E-state index contributed by atoms with van der Waals surface area (Å²) >= 11 is 0. The predicted molar refractivity (Wildman–Crippen MR) is 50.2 cm³/mol.